The van der Waals surface area contributed by atoms with E-state index in [1.54, 1.807) is 17.1 Å². The number of aryl methyl sites for hydroxylation is 1. The molecular weight excluding hydrogens is 246 g/mol. The standard InChI is InChI=1S/C12H21N5O2/c1-4-17-7-9(5-15-17)16-10(18)6-14-12(19)11(13)8(2)3/h5,7-8,11H,4,6,13H2,1-3H3,(H,14,19)(H,16,18)/t11-/m0/s1. The van der Waals surface area contributed by atoms with Crippen molar-refractivity contribution in [2.45, 2.75) is 33.4 Å². The Kier molecular flexibility index (Phi) is 5.50. The van der Waals surface area contributed by atoms with Gasteiger partial charge in [0.15, 0.2) is 0 Å². The number of nitrogens with one attached hydrogen (secondary N) is 2. The van der Waals surface area contributed by atoms with Crippen LogP contribution in [-0.4, -0.2) is 34.2 Å². The lowest BCUT2D eigenvalue weighted by Crippen LogP contribution is -2.46. The molecule has 1 atom stereocenters. The smallest absolute Gasteiger partial charge is 0.243 e. The Bertz CT molecular complexity index is 441. The van der Waals surface area contributed by atoms with Crippen molar-refractivity contribution in [3.8, 4) is 0 Å². The summed E-state index contributed by atoms with van der Waals surface area (Å²) in [6, 6.07) is -0.601. The predicted octanol–water partition coefficient (Wildman–Crippen LogP) is -0.0590. The van der Waals surface area contributed by atoms with Gasteiger partial charge in [0.1, 0.15) is 0 Å². The second-order valence-electron chi connectivity index (χ2n) is 4.62. The summed E-state index contributed by atoms with van der Waals surface area (Å²) in [5.41, 5.74) is 6.27. The van der Waals surface area contributed by atoms with Gasteiger partial charge in [-0.1, -0.05) is 13.8 Å². The third-order valence-corrected chi connectivity index (χ3v) is 2.69. The Hall–Kier alpha value is -1.89. The van der Waals surface area contributed by atoms with E-state index in [1.807, 2.05) is 20.8 Å². The molecule has 1 aromatic rings. The molecule has 7 nitrogen and oxygen atoms in total. The maximum Gasteiger partial charge on any atom is 0.243 e. The predicted molar refractivity (Wildman–Crippen MR) is 72.4 cm³/mol. The first-order valence-electron chi connectivity index (χ1n) is 6.29. The van der Waals surface area contributed by atoms with Gasteiger partial charge in [-0.3, -0.25) is 14.3 Å². The second-order valence-corrected chi connectivity index (χ2v) is 4.62. The highest BCUT2D eigenvalue weighted by Crippen LogP contribution is 2.04. The maximum absolute atomic E-state index is 11.6. The van der Waals surface area contributed by atoms with E-state index in [0.29, 0.717) is 5.69 Å². The summed E-state index contributed by atoms with van der Waals surface area (Å²) in [5.74, 6) is -0.597. The number of amides is 2. The lowest BCUT2D eigenvalue weighted by atomic mass is 10.1. The van der Waals surface area contributed by atoms with Crippen molar-refractivity contribution in [2.24, 2.45) is 11.7 Å². The number of hydrogen-bond acceptors (Lipinski definition) is 4. The van der Waals surface area contributed by atoms with E-state index in [-0.39, 0.29) is 24.3 Å². The van der Waals surface area contributed by atoms with Crippen molar-refractivity contribution in [1.29, 1.82) is 0 Å². The van der Waals surface area contributed by atoms with E-state index < -0.39 is 6.04 Å². The molecule has 0 radical (unpaired) electrons. The molecule has 1 rings (SSSR count). The van der Waals surface area contributed by atoms with Crippen molar-refractivity contribution >= 4 is 17.5 Å². The normalized spacial score (nSPS) is 12.3. The first-order chi connectivity index (χ1) is 8.93. The van der Waals surface area contributed by atoms with Crippen molar-refractivity contribution < 1.29 is 9.59 Å². The fraction of sp³-hybridized carbons (Fsp3) is 0.583. The van der Waals surface area contributed by atoms with Gasteiger partial charge < -0.3 is 16.4 Å². The van der Waals surface area contributed by atoms with Crippen LogP contribution in [-0.2, 0) is 16.1 Å². The summed E-state index contributed by atoms with van der Waals surface area (Å²) in [6.45, 7) is 6.28. The minimum Gasteiger partial charge on any atom is -0.346 e. The van der Waals surface area contributed by atoms with E-state index in [9.17, 15) is 9.59 Å². The molecule has 0 saturated carbocycles. The summed E-state index contributed by atoms with van der Waals surface area (Å²) in [4.78, 5) is 23.2. The van der Waals surface area contributed by atoms with Crippen LogP contribution in [0.25, 0.3) is 0 Å². The molecule has 0 aliphatic heterocycles. The van der Waals surface area contributed by atoms with Crippen LogP contribution in [0.3, 0.4) is 0 Å². The monoisotopic (exact) mass is 267 g/mol. The van der Waals surface area contributed by atoms with Gasteiger partial charge in [0.25, 0.3) is 0 Å². The lowest BCUT2D eigenvalue weighted by molar-refractivity contribution is -0.125. The summed E-state index contributed by atoms with van der Waals surface area (Å²) in [5, 5.41) is 9.17. The van der Waals surface area contributed by atoms with Gasteiger partial charge in [-0.15, -0.1) is 0 Å². The molecular formula is C12H21N5O2. The highest BCUT2D eigenvalue weighted by atomic mass is 16.2. The maximum atomic E-state index is 11.6. The fourth-order valence-electron chi connectivity index (χ4n) is 1.39. The summed E-state index contributed by atoms with van der Waals surface area (Å²) < 4.78 is 1.70. The Balaban J connectivity index is 2.37. The average molecular weight is 267 g/mol. The van der Waals surface area contributed by atoms with Crippen LogP contribution in [0, 0.1) is 5.92 Å². The molecule has 0 aliphatic rings. The molecule has 0 aromatic carbocycles. The number of nitrogens with two attached hydrogens (primary N) is 1. The highest BCUT2D eigenvalue weighted by Gasteiger charge is 2.17. The molecule has 0 unspecified atom stereocenters. The third-order valence-electron chi connectivity index (χ3n) is 2.69. The van der Waals surface area contributed by atoms with E-state index in [1.165, 1.54) is 0 Å². The van der Waals surface area contributed by atoms with Crippen molar-refractivity contribution in [3.63, 3.8) is 0 Å². The van der Waals surface area contributed by atoms with Crippen LogP contribution in [0.1, 0.15) is 20.8 Å². The van der Waals surface area contributed by atoms with Crippen LogP contribution >= 0.6 is 0 Å². The highest BCUT2D eigenvalue weighted by molar-refractivity contribution is 5.95. The Morgan fingerprint density at radius 2 is 2.16 bits per heavy atom. The zero-order valence-electron chi connectivity index (χ0n) is 11.5. The van der Waals surface area contributed by atoms with E-state index in [0.717, 1.165) is 6.54 Å². The minimum atomic E-state index is -0.601. The molecule has 0 spiro atoms. The number of carbonyl (C=O) groups excluding carboxylic acids is 2. The first-order valence-corrected chi connectivity index (χ1v) is 6.29. The number of aromatic nitrogens is 2. The molecule has 2 amide bonds. The number of carbonyl (C=O) groups is 2. The van der Waals surface area contributed by atoms with Crippen LogP contribution in [0.2, 0.25) is 0 Å². The molecule has 0 aliphatic carbocycles. The van der Waals surface area contributed by atoms with Gasteiger partial charge in [0.05, 0.1) is 24.5 Å². The molecule has 0 bridgehead atoms. The first kappa shape index (κ1) is 15.2. The summed E-state index contributed by atoms with van der Waals surface area (Å²) >= 11 is 0. The largest absolute Gasteiger partial charge is 0.346 e. The van der Waals surface area contributed by atoms with Crippen LogP contribution < -0.4 is 16.4 Å². The zero-order chi connectivity index (χ0) is 14.4. The van der Waals surface area contributed by atoms with Crippen molar-refractivity contribution in [1.82, 2.24) is 15.1 Å². The number of rotatable bonds is 6. The molecule has 7 heteroatoms. The second kappa shape index (κ2) is 6.89. The van der Waals surface area contributed by atoms with E-state index in [4.69, 9.17) is 5.73 Å². The summed E-state index contributed by atoms with van der Waals surface area (Å²) in [6.07, 6.45) is 3.28. The van der Waals surface area contributed by atoms with E-state index in [2.05, 4.69) is 15.7 Å². The Morgan fingerprint density at radius 1 is 1.47 bits per heavy atom. The quantitative estimate of drug-likeness (QED) is 0.672. The van der Waals surface area contributed by atoms with Gasteiger partial charge in [-0.2, -0.15) is 5.10 Å². The third kappa shape index (κ3) is 4.70. The Morgan fingerprint density at radius 3 is 2.68 bits per heavy atom. The zero-order valence-corrected chi connectivity index (χ0v) is 11.5. The van der Waals surface area contributed by atoms with Gasteiger partial charge in [-0.05, 0) is 12.8 Å². The molecule has 1 aromatic heterocycles. The van der Waals surface area contributed by atoms with E-state index >= 15 is 0 Å². The SMILES string of the molecule is CCn1cc(NC(=O)CNC(=O)[C@@H](N)C(C)C)cn1. The summed E-state index contributed by atoms with van der Waals surface area (Å²) in [7, 11) is 0. The molecule has 19 heavy (non-hydrogen) atoms. The number of anilines is 1. The van der Waals surface area contributed by atoms with Crippen molar-refractivity contribution in [2.75, 3.05) is 11.9 Å². The molecule has 1 heterocycles. The van der Waals surface area contributed by atoms with Crippen molar-refractivity contribution in [3.05, 3.63) is 12.4 Å². The minimum absolute atomic E-state index is 0.0332. The number of nitrogens with zero attached hydrogens (tertiary/aromatic N) is 2. The van der Waals surface area contributed by atoms with Crippen LogP contribution in [0.4, 0.5) is 5.69 Å². The lowest BCUT2D eigenvalue weighted by Gasteiger charge is -2.14. The van der Waals surface area contributed by atoms with Crippen LogP contribution in [0.15, 0.2) is 12.4 Å². The van der Waals surface area contributed by atoms with Gasteiger partial charge in [0.2, 0.25) is 11.8 Å². The molecule has 0 fully saturated rings. The molecule has 4 N–H and O–H groups in total. The van der Waals surface area contributed by atoms with Gasteiger partial charge >= 0.3 is 0 Å². The van der Waals surface area contributed by atoms with Crippen LogP contribution in [0.5, 0.6) is 0 Å². The van der Waals surface area contributed by atoms with Gasteiger partial charge in [0, 0.05) is 12.7 Å². The molecule has 106 valence electrons. The Labute approximate surface area is 112 Å². The molecule has 0 saturated heterocycles. The topological polar surface area (TPSA) is 102 Å². The average Bonchev–Trinajstić information content (AvgIpc) is 2.82. The number of hydrogen-bond donors (Lipinski definition) is 3. The van der Waals surface area contributed by atoms with Gasteiger partial charge in [-0.25, -0.2) is 0 Å². The fourth-order valence-corrected chi connectivity index (χ4v) is 1.39.